The number of rotatable bonds is 3. The van der Waals surface area contributed by atoms with E-state index in [1.807, 2.05) is 13.1 Å². The van der Waals surface area contributed by atoms with Gasteiger partial charge < -0.3 is 5.32 Å². The molecule has 0 spiro atoms. The van der Waals surface area contributed by atoms with Crippen LogP contribution in [-0.4, -0.2) is 13.6 Å². The second kappa shape index (κ2) is 5.06. The van der Waals surface area contributed by atoms with Crippen LogP contribution < -0.4 is 15.8 Å². The monoisotopic (exact) mass is 251 g/mol. The molecular weight excluding hydrogens is 234 g/mol. The van der Waals surface area contributed by atoms with Crippen LogP contribution in [0, 0.1) is 0 Å². The zero-order valence-corrected chi connectivity index (χ0v) is 10.9. The first-order valence-corrected chi connectivity index (χ1v) is 6.44. The zero-order chi connectivity index (χ0) is 13.1. The van der Waals surface area contributed by atoms with E-state index in [1.54, 1.807) is 0 Å². The molecule has 3 rings (SSSR count). The molecular formula is C16H17N3. The lowest BCUT2D eigenvalue weighted by Gasteiger charge is -2.20. The quantitative estimate of drug-likeness (QED) is 0.877. The summed E-state index contributed by atoms with van der Waals surface area (Å²) in [5, 5.41) is 5.27. The van der Waals surface area contributed by atoms with E-state index in [0.717, 1.165) is 17.9 Å². The molecule has 0 saturated carbocycles. The summed E-state index contributed by atoms with van der Waals surface area (Å²) in [6.45, 7) is 0.882. The molecule has 2 N–H and O–H groups in total. The maximum Gasteiger partial charge on any atom is 0.0598 e. The molecule has 96 valence electrons. The van der Waals surface area contributed by atoms with Gasteiger partial charge in [-0.2, -0.15) is 0 Å². The van der Waals surface area contributed by atoms with Gasteiger partial charge in [-0.1, -0.05) is 30.3 Å². The van der Waals surface area contributed by atoms with Crippen LogP contribution in [-0.2, 0) is 0 Å². The molecule has 2 aromatic rings. The SMILES string of the molecule is CNc1ccc(C2=CCN(c3ccccc3)N2)cc1. The van der Waals surface area contributed by atoms with Gasteiger partial charge in [0.1, 0.15) is 0 Å². The largest absolute Gasteiger partial charge is 0.388 e. The molecule has 0 amide bonds. The molecule has 0 fully saturated rings. The zero-order valence-electron chi connectivity index (χ0n) is 10.9. The molecule has 0 atom stereocenters. The Morgan fingerprint density at radius 1 is 1.00 bits per heavy atom. The number of nitrogens with one attached hydrogen (secondary N) is 2. The number of hydrazine groups is 1. The summed E-state index contributed by atoms with van der Waals surface area (Å²) in [5.41, 5.74) is 8.11. The lowest BCUT2D eigenvalue weighted by molar-refractivity contribution is 0.852. The summed E-state index contributed by atoms with van der Waals surface area (Å²) in [5.74, 6) is 0. The van der Waals surface area contributed by atoms with Gasteiger partial charge in [0.15, 0.2) is 0 Å². The Morgan fingerprint density at radius 3 is 2.42 bits per heavy atom. The van der Waals surface area contributed by atoms with Crippen LogP contribution in [0.3, 0.4) is 0 Å². The minimum Gasteiger partial charge on any atom is -0.388 e. The van der Waals surface area contributed by atoms with Crippen LogP contribution in [0.25, 0.3) is 5.70 Å². The van der Waals surface area contributed by atoms with Crippen LogP contribution in [0.15, 0.2) is 60.7 Å². The van der Waals surface area contributed by atoms with Gasteiger partial charge in [-0.3, -0.25) is 10.4 Å². The maximum atomic E-state index is 3.44. The average molecular weight is 251 g/mol. The standard InChI is InChI=1S/C16H17N3/c1-17-14-9-7-13(8-10-14)16-11-12-19(18-16)15-5-3-2-4-6-15/h2-11,17-18H,12H2,1H3. The Labute approximate surface area is 113 Å². The Kier molecular flexibility index (Phi) is 3.11. The lowest BCUT2D eigenvalue weighted by Crippen LogP contribution is -2.31. The summed E-state index contributed by atoms with van der Waals surface area (Å²) in [6, 6.07) is 18.8. The third-order valence-electron chi connectivity index (χ3n) is 3.29. The van der Waals surface area contributed by atoms with Crippen LogP contribution >= 0.6 is 0 Å². The molecule has 0 aromatic heterocycles. The van der Waals surface area contributed by atoms with Crippen molar-refractivity contribution in [2.45, 2.75) is 0 Å². The summed E-state index contributed by atoms with van der Waals surface area (Å²) in [7, 11) is 1.93. The summed E-state index contributed by atoms with van der Waals surface area (Å²) < 4.78 is 0. The Hall–Kier alpha value is -2.42. The van der Waals surface area contributed by atoms with Gasteiger partial charge in [0.25, 0.3) is 0 Å². The molecule has 0 radical (unpaired) electrons. The Morgan fingerprint density at radius 2 is 1.74 bits per heavy atom. The molecule has 0 saturated heterocycles. The highest BCUT2D eigenvalue weighted by Gasteiger charge is 2.14. The highest BCUT2D eigenvalue weighted by molar-refractivity contribution is 5.71. The van der Waals surface area contributed by atoms with Crippen molar-refractivity contribution in [1.29, 1.82) is 0 Å². The normalized spacial score (nSPS) is 13.9. The first kappa shape index (κ1) is 11.7. The fourth-order valence-electron chi connectivity index (χ4n) is 2.20. The minimum absolute atomic E-state index is 0.882. The van der Waals surface area contributed by atoms with Gasteiger partial charge in [0, 0.05) is 12.7 Å². The highest BCUT2D eigenvalue weighted by Crippen LogP contribution is 2.22. The number of nitrogens with zero attached hydrogens (tertiary/aromatic N) is 1. The number of benzene rings is 2. The van der Waals surface area contributed by atoms with Crippen molar-refractivity contribution in [1.82, 2.24) is 5.43 Å². The smallest absolute Gasteiger partial charge is 0.0598 e. The van der Waals surface area contributed by atoms with Crippen LogP contribution in [0.2, 0.25) is 0 Å². The molecule has 0 aliphatic carbocycles. The van der Waals surface area contributed by atoms with Crippen molar-refractivity contribution in [3.63, 3.8) is 0 Å². The minimum atomic E-state index is 0.882. The predicted molar refractivity (Wildman–Crippen MR) is 80.9 cm³/mol. The van der Waals surface area contributed by atoms with Crippen molar-refractivity contribution < 1.29 is 0 Å². The van der Waals surface area contributed by atoms with E-state index >= 15 is 0 Å². The molecule has 1 aliphatic rings. The third-order valence-corrected chi connectivity index (χ3v) is 3.29. The van der Waals surface area contributed by atoms with E-state index in [4.69, 9.17) is 0 Å². The molecule has 0 unspecified atom stereocenters. The van der Waals surface area contributed by atoms with Gasteiger partial charge >= 0.3 is 0 Å². The number of hydrogen-bond acceptors (Lipinski definition) is 3. The van der Waals surface area contributed by atoms with Crippen LogP contribution in [0.1, 0.15) is 5.56 Å². The summed E-state index contributed by atoms with van der Waals surface area (Å²) >= 11 is 0. The molecule has 2 aromatic carbocycles. The first-order chi connectivity index (χ1) is 9.36. The fraction of sp³-hybridized carbons (Fsp3) is 0.125. The molecule has 19 heavy (non-hydrogen) atoms. The topological polar surface area (TPSA) is 27.3 Å². The maximum absolute atomic E-state index is 3.44. The van der Waals surface area contributed by atoms with Gasteiger partial charge in [0.05, 0.1) is 17.9 Å². The van der Waals surface area contributed by atoms with Gasteiger partial charge in [0.2, 0.25) is 0 Å². The van der Waals surface area contributed by atoms with E-state index in [9.17, 15) is 0 Å². The van der Waals surface area contributed by atoms with Crippen molar-refractivity contribution in [2.75, 3.05) is 23.9 Å². The van der Waals surface area contributed by atoms with Gasteiger partial charge in [-0.15, -0.1) is 0 Å². The summed E-state index contributed by atoms with van der Waals surface area (Å²) in [4.78, 5) is 0. The van der Waals surface area contributed by atoms with E-state index in [-0.39, 0.29) is 0 Å². The number of para-hydroxylation sites is 1. The molecule has 1 aliphatic heterocycles. The van der Waals surface area contributed by atoms with E-state index in [1.165, 1.54) is 11.3 Å². The Bertz CT molecular complexity index is 573. The van der Waals surface area contributed by atoms with Gasteiger partial charge in [-0.25, -0.2) is 0 Å². The lowest BCUT2D eigenvalue weighted by atomic mass is 10.1. The molecule has 1 heterocycles. The third kappa shape index (κ3) is 2.40. The first-order valence-electron chi connectivity index (χ1n) is 6.44. The van der Waals surface area contributed by atoms with Crippen molar-refractivity contribution in [2.24, 2.45) is 0 Å². The second-order valence-corrected chi connectivity index (χ2v) is 4.50. The van der Waals surface area contributed by atoms with Crippen LogP contribution in [0.5, 0.6) is 0 Å². The predicted octanol–water partition coefficient (Wildman–Crippen LogP) is 3.09. The number of hydrogen-bond donors (Lipinski definition) is 2. The molecule has 3 nitrogen and oxygen atoms in total. The molecule has 0 bridgehead atoms. The van der Waals surface area contributed by atoms with E-state index in [2.05, 4.69) is 70.4 Å². The summed E-state index contributed by atoms with van der Waals surface area (Å²) in [6.07, 6.45) is 2.21. The van der Waals surface area contributed by atoms with Crippen LogP contribution in [0.4, 0.5) is 11.4 Å². The van der Waals surface area contributed by atoms with Crippen molar-refractivity contribution >= 4 is 17.1 Å². The van der Waals surface area contributed by atoms with E-state index < -0.39 is 0 Å². The molecule has 3 heteroatoms. The van der Waals surface area contributed by atoms with Gasteiger partial charge in [-0.05, 0) is 35.9 Å². The second-order valence-electron chi connectivity index (χ2n) is 4.50. The van der Waals surface area contributed by atoms with E-state index in [0.29, 0.717) is 0 Å². The highest BCUT2D eigenvalue weighted by atomic mass is 15.5. The van der Waals surface area contributed by atoms with Crippen molar-refractivity contribution in [3.05, 3.63) is 66.2 Å². The Balaban J connectivity index is 1.74. The fourth-order valence-corrected chi connectivity index (χ4v) is 2.20. The van der Waals surface area contributed by atoms with Crippen molar-refractivity contribution in [3.8, 4) is 0 Å². The average Bonchev–Trinajstić information content (AvgIpc) is 2.98. The number of anilines is 2.